The molecule has 0 radical (unpaired) electrons. The molecular weight excluding hydrogens is 242 g/mol. The number of piperidine rings is 1. The Bertz CT molecular complexity index is 362. The summed E-state index contributed by atoms with van der Waals surface area (Å²) in [7, 11) is 0. The number of rotatable bonds is 4. The molecule has 0 aromatic carbocycles. The summed E-state index contributed by atoms with van der Waals surface area (Å²) in [5, 5.41) is 6.31. The summed E-state index contributed by atoms with van der Waals surface area (Å²) < 4.78 is 0. The fraction of sp³-hybridized carbons (Fsp3) is 0.857. The summed E-state index contributed by atoms with van der Waals surface area (Å²) in [5.74, 6) is 0.158. The molecule has 1 saturated carbocycles. The van der Waals surface area contributed by atoms with Crippen molar-refractivity contribution in [1.82, 2.24) is 15.5 Å². The standard InChI is InChI=1S/C14H23N3O2/c18-13-7-6-12(16-13)14(19)17(11-4-5-11)9-10-3-1-2-8-15-10/h10-12,15H,1-9H2,(H,16,18)/t10?,12-/m0/s1. The molecule has 1 unspecified atom stereocenters. The van der Waals surface area contributed by atoms with E-state index in [-0.39, 0.29) is 17.9 Å². The molecule has 3 rings (SSSR count). The van der Waals surface area contributed by atoms with Crippen LogP contribution in [0.2, 0.25) is 0 Å². The second kappa shape index (κ2) is 5.49. The summed E-state index contributed by atoms with van der Waals surface area (Å²) >= 11 is 0. The number of nitrogens with zero attached hydrogens (tertiary/aromatic N) is 1. The minimum Gasteiger partial charge on any atom is -0.344 e. The average Bonchev–Trinajstić information content (AvgIpc) is 3.18. The number of nitrogens with one attached hydrogen (secondary N) is 2. The first-order valence-corrected chi connectivity index (χ1v) is 7.57. The van der Waals surface area contributed by atoms with Crippen molar-refractivity contribution in [1.29, 1.82) is 0 Å². The van der Waals surface area contributed by atoms with E-state index in [2.05, 4.69) is 10.6 Å². The maximum absolute atomic E-state index is 12.5. The molecule has 0 aromatic rings. The van der Waals surface area contributed by atoms with Crippen LogP contribution < -0.4 is 10.6 Å². The first kappa shape index (κ1) is 12.9. The van der Waals surface area contributed by atoms with Crippen molar-refractivity contribution in [2.45, 2.75) is 63.1 Å². The lowest BCUT2D eigenvalue weighted by atomic mass is 10.0. The zero-order chi connectivity index (χ0) is 13.2. The zero-order valence-corrected chi connectivity index (χ0v) is 11.4. The van der Waals surface area contributed by atoms with Gasteiger partial charge in [0, 0.05) is 25.0 Å². The Morgan fingerprint density at radius 2 is 2.05 bits per heavy atom. The molecule has 5 heteroatoms. The van der Waals surface area contributed by atoms with Crippen LogP contribution in [0.5, 0.6) is 0 Å². The molecule has 2 saturated heterocycles. The van der Waals surface area contributed by atoms with Crippen LogP contribution in [0.1, 0.15) is 44.9 Å². The van der Waals surface area contributed by atoms with Crippen molar-refractivity contribution in [2.75, 3.05) is 13.1 Å². The molecule has 2 heterocycles. The Kier molecular flexibility index (Phi) is 3.73. The highest BCUT2D eigenvalue weighted by Gasteiger charge is 2.39. The van der Waals surface area contributed by atoms with Crippen LogP contribution in [0.3, 0.4) is 0 Å². The predicted molar refractivity (Wildman–Crippen MR) is 71.5 cm³/mol. The Morgan fingerprint density at radius 1 is 1.21 bits per heavy atom. The summed E-state index contributed by atoms with van der Waals surface area (Å²) in [6, 6.07) is 0.598. The van der Waals surface area contributed by atoms with E-state index in [0.717, 1.165) is 32.4 Å². The van der Waals surface area contributed by atoms with Crippen molar-refractivity contribution in [3.63, 3.8) is 0 Å². The van der Waals surface area contributed by atoms with Gasteiger partial charge >= 0.3 is 0 Å². The maximum Gasteiger partial charge on any atom is 0.245 e. The van der Waals surface area contributed by atoms with E-state index in [4.69, 9.17) is 0 Å². The predicted octanol–water partition coefficient (Wildman–Crippen LogP) is 0.398. The van der Waals surface area contributed by atoms with E-state index >= 15 is 0 Å². The minimum absolute atomic E-state index is 0.0184. The Balaban J connectivity index is 1.60. The van der Waals surface area contributed by atoms with E-state index in [9.17, 15) is 9.59 Å². The molecule has 2 aliphatic heterocycles. The van der Waals surface area contributed by atoms with Crippen molar-refractivity contribution >= 4 is 11.8 Å². The van der Waals surface area contributed by atoms with Gasteiger partial charge in [-0.05, 0) is 38.6 Å². The van der Waals surface area contributed by atoms with Gasteiger partial charge in [0.2, 0.25) is 11.8 Å². The summed E-state index contributed by atoms with van der Waals surface area (Å²) in [6.07, 6.45) is 7.07. The molecule has 0 spiro atoms. The molecule has 19 heavy (non-hydrogen) atoms. The third-order valence-corrected chi connectivity index (χ3v) is 4.39. The molecule has 0 aromatic heterocycles. The molecule has 106 valence electrons. The van der Waals surface area contributed by atoms with Crippen LogP contribution in [0, 0.1) is 0 Å². The molecule has 3 fully saturated rings. The second-order valence-corrected chi connectivity index (χ2v) is 6.03. The van der Waals surface area contributed by atoms with Crippen LogP contribution in [0.4, 0.5) is 0 Å². The third-order valence-electron chi connectivity index (χ3n) is 4.39. The lowest BCUT2D eigenvalue weighted by Crippen LogP contribution is -2.51. The first-order valence-electron chi connectivity index (χ1n) is 7.57. The van der Waals surface area contributed by atoms with Crippen LogP contribution in [-0.4, -0.2) is 47.9 Å². The molecule has 0 bridgehead atoms. The zero-order valence-electron chi connectivity index (χ0n) is 11.4. The van der Waals surface area contributed by atoms with Crippen molar-refractivity contribution in [3.8, 4) is 0 Å². The smallest absolute Gasteiger partial charge is 0.245 e. The topological polar surface area (TPSA) is 61.4 Å². The summed E-state index contributed by atoms with van der Waals surface area (Å²) in [6.45, 7) is 1.88. The monoisotopic (exact) mass is 265 g/mol. The Labute approximate surface area is 114 Å². The average molecular weight is 265 g/mol. The van der Waals surface area contributed by atoms with Gasteiger partial charge in [-0.1, -0.05) is 6.42 Å². The molecule has 5 nitrogen and oxygen atoms in total. The summed E-state index contributed by atoms with van der Waals surface area (Å²) in [4.78, 5) is 25.8. The van der Waals surface area contributed by atoms with Gasteiger partial charge < -0.3 is 15.5 Å². The molecular formula is C14H23N3O2. The van der Waals surface area contributed by atoms with Crippen molar-refractivity contribution in [2.24, 2.45) is 0 Å². The van der Waals surface area contributed by atoms with Crippen LogP contribution in [-0.2, 0) is 9.59 Å². The Morgan fingerprint density at radius 3 is 2.63 bits per heavy atom. The quantitative estimate of drug-likeness (QED) is 0.773. The van der Waals surface area contributed by atoms with Gasteiger partial charge in [0.05, 0.1) is 0 Å². The highest BCUT2D eigenvalue weighted by Crippen LogP contribution is 2.29. The number of hydrogen-bond donors (Lipinski definition) is 2. The van der Waals surface area contributed by atoms with Crippen LogP contribution in [0.25, 0.3) is 0 Å². The van der Waals surface area contributed by atoms with Gasteiger partial charge in [0.25, 0.3) is 0 Å². The first-order chi connectivity index (χ1) is 9.24. The van der Waals surface area contributed by atoms with Gasteiger partial charge in [-0.25, -0.2) is 0 Å². The molecule has 2 N–H and O–H groups in total. The molecule has 2 amide bonds. The fourth-order valence-electron chi connectivity index (χ4n) is 3.12. The second-order valence-electron chi connectivity index (χ2n) is 6.03. The largest absolute Gasteiger partial charge is 0.344 e. The van der Waals surface area contributed by atoms with Crippen LogP contribution >= 0.6 is 0 Å². The van der Waals surface area contributed by atoms with E-state index in [1.165, 1.54) is 12.8 Å². The third kappa shape index (κ3) is 3.08. The normalized spacial score (nSPS) is 31.1. The van der Waals surface area contributed by atoms with Gasteiger partial charge in [0.15, 0.2) is 0 Å². The molecule has 1 aliphatic carbocycles. The number of amides is 2. The lowest BCUT2D eigenvalue weighted by molar-refractivity contribution is -0.135. The molecule has 3 aliphatic rings. The Hall–Kier alpha value is -1.10. The van der Waals surface area contributed by atoms with Crippen LogP contribution in [0.15, 0.2) is 0 Å². The van der Waals surface area contributed by atoms with Gasteiger partial charge in [-0.15, -0.1) is 0 Å². The van der Waals surface area contributed by atoms with E-state index in [0.29, 0.717) is 24.9 Å². The number of carbonyl (C=O) groups is 2. The number of hydrogen-bond acceptors (Lipinski definition) is 3. The van der Waals surface area contributed by atoms with Gasteiger partial charge in [-0.2, -0.15) is 0 Å². The summed E-state index contributed by atoms with van der Waals surface area (Å²) in [5.41, 5.74) is 0. The fourth-order valence-corrected chi connectivity index (χ4v) is 3.12. The molecule has 2 atom stereocenters. The van der Waals surface area contributed by atoms with Crippen molar-refractivity contribution < 1.29 is 9.59 Å². The van der Waals surface area contributed by atoms with Gasteiger partial charge in [-0.3, -0.25) is 9.59 Å². The van der Waals surface area contributed by atoms with E-state index < -0.39 is 0 Å². The van der Waals surface area contributed by atoms with E-state index in [1.54, 1.807) is 0 Å². The number of carbonyl (C=O) groups excluding carboxylic acids is 2. The lowest BCUT2D eigenvalue weighted by Gasteiger charge is -2.32. The maximum atomic E-state index is 12.5. The SMILES string of the molecule is O=C1CC[C@@H](C(=O)N(CC2CCCCN2)C2CC2)N1. The van der Waals surface area contributed by atoms with Crippen molar-refractivity contribution in [3.05, 3.63) is 0 Å². The minimum atomic E-state index is -0.267. The highest BCUT2D eigenvalue weighted by atomic mass is 16.2. The van der Waals surface area contributed by atoms with E-state index in [1.807, 2.05) is 4.90 Å². The van der Waals surface area contributed by atoms with Gasteiger partial charge in [0.1, 0.15) is 6.04 Å². The highest BCUT2D eigenvalue weighted by molar-refractivity contribution is 5.91.